The van der Waals surface area contributed by atoms with Crippen molar-refractivity contribution in [3.8, 4) is 0 Å². The zero-order chi connectivity index (χ0) is 12.8. The van der Waals surface area contributed by atoms with Crippen LogP contribution in [0.15, 0.2) is 30.3 Å². The summed E-state index contributed by atoms with van der Waals surface area (Å²) in [5, 5.41) is 0.415. The highest BCUT2D eigenvalue weighted by molar-refractivity contribution is 6.41. The van der Waals surface area contributed by atoms with Crippen LogP contribution in [-0.2, 0) is 9.78 Å². The van der Waals surface area contributed by atoms with Crippen molar-refractivity contribution in [1.29, 1.82) is 0 Å². The number of rotatable bonds is 5. The molecule has 1 fully saturated rings. The van der Waals surface area contributed by atoms with Gasteiger partial charge in [0.1, 0.15) is 0 Å². The van der Waals surface area contributed by atoms with Crippen molar-refractivity contribution in [3.63, 3.8) is 0 Å². The molecule has 0 aliphatic carbocycles. The van der Waals surface area contributed by atoms with Crippen molar-refractivity contribution >= 4 is 9.52 Å². The van der Waals surface area contributed by atoms with E-state index in [9.17, 15) is 0 Å². The molecule has 1 aromatic rings. The van der Waals surface area contributed by atoms with Gasteiger partial charge in [-0.25, -0.2) is 0 Å². The Balaban J connectivity index is 2.10. The van der Waals surface area contributed by atoms with Crippen LogP contribution in [0.1, 0.15) is 51.5 Å². The number of hydrogen-bond donors (Lipinski definition) is 0. The van der Waals surface area contributed by atoms with Crippen molar-refractivity contribution in [3.05, 3.63) is 35.9 Å². The van der Waals surface area contributed by atoms with E-state index in [0.29, 0.717) is 10.8 Å². The van der Waals surface area contributed by atoms with Crippen molar-refractivity contribution in [2.75, 3.05) is 6.61 Å². The monoisotopic (exact) mass is 262 g/mol. The highest BCUT2D eigenvalue weighted by atomic mass is 28.2. The summed E-state index contributed by atoms with van der Waals surface area (Å²) in [5.74, 6) is 0. The van der Waals surface area contributed by atoms with Crippen LogP contribution in [0.4, 0.5) is 0 Å². The second-order valence-corrected chi connectivity index (χ2v) is 8.75. The Hall–Kier alpha value is -0.603. The van der Waals surface area contributed by atoms with Crippen molar-refractivity contribution in [2.45, 2.75) is 56.7 Å². The molecule has 1 nitrogen and oxygen atoms in total. The van der Waals surface area contributed by atoms with Gasteiger partial charge in [0.15, 0.2) is 0 Å². The topological polar surface area (TPSA) is 9.23 Å². The third-order valence-corrected chi connectivity index (χ3v) is 6.99. The van der Waals surface area contributed by atoms with Gasteiger partial charge >= 0.3 is 0 Å². The molecule has 1 saturated heterocycles. The average molecular weight is 262 g/mol. The second kappa shape index (κ2) is 6.53. The van der Waals surface area contributed by atoms with Gasteiger partial charge in [-0.1, -0.05) is 50.6 Å². The standard InChI is InChI=1S/C16H26OSi/c1-3-12-16(2,14-9-5-4-6-10-14)18-15-11-7-8-13-17-15/h4-6,9-10,15H,3,7-8,11-13,18H2,1-2H3. The Labute approximate surface area is 114 Å². The molecule has 0 radical (unpaired) electrons. The quantitative estimate of drug-likeness (QED) is 0.739. The Morgan fingerprint density at radius 2 is 2.06 bits per heavy atom. The van der Waals surface area contributed by atoms with Gasteiger partial charge in [-0.15, -0.1) is 0 Å². The maximum Gasteiger partial charge on any atom is 0.0671 e. The lowest BCUT2D eigenvalue weighted by atomic mass is 9.95. The molecule has 1 heterocycles. The number of hydrogen-bond acceptors (Lipinski definition) is 1. The maximum absolute atomic E-state index is 6.00. The second-order valence-electron chi connectivity index (χ2n) is 5.87. The summed E-state index contributed by atoms with van der Waals surface area (Å²) in [7, 11) is -0.248. The molecule has 2 rings (SSSR count). The summed E-state index contributed by atoms with van der Waals surface area (Å²) in [6.45, 7) is 5.77. The summed E-state index contributed by atoms with van der Waals surface area (Å²) in [6.07, 6.45) is 6.52. The minimum Gasteiger partial charge on any atom is -0.382 e. The van der Waals surface area contributed by atoms with Crippen molar-refractivity contribution in [1.82, 2.24) is 0 Å². The van der Waals surface area contributed by atoms with E-state index in [4.69, 9.17) is 4.74 Å². The van der Waals surface area contributed by atoms with E-state index in [-0.39, 0.29) is 9.52 Å². The van der Waals surface area contributed by atoms with E-state index in [2.05, 4.69) is 44.2 Å². The largest absolute Gasteiger partial charge is 0.382 e. The highest BCUT2D eigenvalue weighted by Gasteiger charge is 2.31. The fraction of sp³-hybridized carbons (Fsp3) is 0.625. The van der Waals surface area contributed by atoms with Gasteiger partial charge in [0.05, 0.1) is 9.52 Å². The third-order valence-electron chi connectivity index (χ3n) is 4.22. The molecular formula is C16H26OSi. The molecule has 2 unspecified atom stereocenters. The Morgan fingerprint density at radius 1 is 1.28 bits per heavy atom. The minimum atomic E-state index is -0.248. The molecule has 0 spiro atoms. The summed E-state index contributed by atoms with van der Waals surface area (Å²) in [5.41, 5.74) is 2.14. The van der Waals surface area contributed by atoms with E-state index in [1.165, 1.54) is 37.7 Å². The molecule has 18 heavy (non-hydrogen) atoms. The molecular weight excluding hydrogens is 236 g/mol. The SMILES string of the molecule is CCCC(C)([SiH2]C1CCCCO1)c1ccccc1. The summed E-state index contributed by atoms with van der Waals surface area (Å²) in [4.78, 5) is 0. The summed E-state index contributed by atoms with van der Waals surface area (Å²) >= 11 is 0. The van der Waals surface area contributed by atoms with Crippen LogP contribution in [0.5, 0.6) is 0 Å². The molecule has 0 N–H and O–H groups in total. The van der Waals surface area contributed by atoms with Crippen LogP contribution in [0.25, 0.3) is 0 Å². The Bertz CT molecular complexity index is 345. The fourth-order valence-electron chi connectivity index (χ4n) is 3.23. The maximum atomic E-state index is 6.00. The van der Waals surface area contributed by atoms with Crippen LogP contribution in [0.3, 0.4) is 0 Å². The van der Waals surface area contributed by atoms with Gasteiger partial charge in [0, 0.05) is 12.3 Å². The highest BCUT2D eigenvalue weighted by Crippen LogP contribution is 2.30. The Morgan fingerprint density at radius 3 is 2.67 bits per heavy atom. The molecule has 2 atom stereocenters. The number of ether oxygens (including phenoxy) is 1. The van der Waals surface area contributed by atoms with E-state index in [0.717, 1.165) is 6.61 Å². The first-order valence-corrected chi connectivity index (χ1v) is 8.94. The van der Waals surface area contributed by atoms with Gasteiger partial charge in [-0.05, 0) is 36.3 Å². The van der Waals surface area contributed by atoms with Crippen LogP contribution in [-0.4, -0.2) is 21.9 Å². The van der Waals surface area contributed by atoms with Gasteiger partial charge < -0.3 is 4.74 Å². The smallest absolute Gasteiger partial charge is 0.0671 e. The van der Waals surface area contributed by atoms with Gasteiger partial charge in [-0.2, -0.15) is 0 Å². The van der Waals surface area contributed by atoms with Gasteiger partial charge in [0.25, 0.3) is 0 Å². The normalized spacial score (nSPS) is 24.2. The molecule has 0 saturated carbocycles. The van der Waals surface area contributed by atoms with Crippen molar-refractivity contribution in [2.24, 2.45) is 0 Å². The lowest BCUT2D eigenvalue weighted by Gasteiger charge is -2.35. The molecule has 100 valence electrons. The van der Waals surface area contributed by atoms with Gasteiger partial charge in [-0.3, -0.25) is 0 Å². The zero-order valence-corrected chi connectivity index (χ0v) is 13.2. The predicted octanol–water partition coefficient (Wildman–Crippen LogP) is 3.40. The van der Waals surface area contributed by atoms with Crippen LogP contribution >= 0.6 is 0 Å². The van der Waals surface area contributed by atoms with Crippen molar-refractivity contribution < 1.29 is 4.74 Å². The molecule has 0 bridgehead atoms. The molecule has 0 amide bonds. The van der Waals surface area contributed by atoms with Gasteiger partial charge in [0.2, 0.25) is 0 Å². The predicted molar refractivity (Wildman–Crippen MR) is 80.8 cm³/mol. The van der Waals surface area contributed by atoms with E-state index in [1.54, 1.807) is 0 Å². The van der Waals surface area contributed by atoms with E-state index >= 15 is 0 Å². The minimum absolute atomic E-state index is 0.248. The summed E-state index contributed by atoms with van der Waals surface area (Å²) < 4.78 is 6.00. The molecule has 1 aliphatic heterocycles. The lowest BCUT2D eigenvalue weighted by molar-refractivity contribution is 0.0630. The third kappa shape index (κ3) is 3.45. The molecule has 0 aromatic heterocycles. The molecule has 2 heteroatoms. The zero-order valence-electron chi connectivity index (χ0n) is 11.8. The molecule has 1 aromatic carbocycles. The number of benzene rings is 1. The lowest BCUT2D eigenvalue weighted by Crippen LogP contribution is -2.40. The van der Waals surface area contributed by atoms with Crippen LogP contribution in [0, 0.1) is 0 Å². The summed E-state index contributed by atoms with van der Waals surface area (Å²) in [6, 6.07) is 11.1. The molecule has 1 aliphatic rings. The average Bonchev–Trinajstić information content (AvgIpc) is 2.41. The Kier molecular flexibility index (Phi) is 5.01. The van der Waals surface area contributed by atoms with E-state index in [1.807, 2.05) is 0 Å². The van der Waals surface area contributed by atoms with Crippen LogP contribution in [0.2, 0.25) is 0 Å². The van der Waals surface area contributed by atoms with E-state index < -0.39 is 0 Å². The van der Waals surface area contributed by atoms with Crippen LogP contribution < -0.4 is 0 Å². The fourth-order valence-corrected chi connectivity index (χ4v) is 6.04. The first-order chi connectivity index (χ1) is 8.74. The first-order valence-electron chi connectivity index (χ1n) is 7.42. The first kappa shape index (κ1) is 13.8.